The summed E-state index contributed by atoms with van der Waals surface area (Å²) in [7, 11) is 0. The van der Waals surface area contributed by atoms with Gasteiger partial charge in [0.05, 0.1) is 0 Å². The molecule has 0 saturated heterocycles. The third-order valence-electron chi connectivity index (χ3n) is 5.24. The number of hydrogen-bond donors (Lipinski definition) is 2. The fraction of sp³-hybridized carbons (Fsp3) is 0.938. The number of rotatable bonds is 3. The zero-order valence-electron chi connectivity index (χ0n) is 12.5. The van der Waals surface area contributed by atoms with E-state index in [1.165, 1.54) is 25.7 Å². The molecule has 2 rings (SSSR count). The molecule has 110 valence electrons. The molecule has 5 unspecified atom stereocenters. The van der Waals surface area contributed by atoms with Gasteiger partial charge in [0.15, 0.2) is 0 Å². The zero-order valence-corrected chi connectivity index (χ0v) is 12.5. The summed E-state index contributed by atoms with van der Waals surface area (Å²) in [4.78, 5) is 12.2. The number of nitrogens with one attached hydrogen (secondary N) is 1. The van der Waals surface area contributed by atoms with Crippen LogP contribution in [0, 0.1) is 23.7 Å². The second-order valence-electron chi connectivity index (χ2n) is 7.03. The molecule has 0 bridgehead atoms. The van der Waals surface area contributed by atoms with Crippen LogP contribution in [0.2, 0.25) is 0 Å². The van der Waals surface area contributed by atoms with E-state index in [1.807, 2.05) is 0 Å². The van der Waals surface area contributed by atoms with Crippen LogP contribution in [0.15, 0.2) is 0 Å². The molecule has 0 heterocycles. The molecule has 0 aromatic carbocycles. The van der Waals surface area contributed by atoms with Crippen molar-refractivity contribution < 1.29 is 4.79 Å². The summed E-state index contributed by atoms with van der Waals surface area (Å²) < 4.78 is 0. The molecule has 1 amide bonds. The Morgan fingerprint density at radius 3 is 2.63 bits per heavy atom. The number of carbonyl (C=O) groups is 1. The van der Waals surface area contributed by atoms with E-state index in [9.17, 15) is 4.79 Å². The number of nitrogens with two attached hydrogens (primary N) is 1. The van der Waals surface area contributed by atoms with E-state index in [4.69, 9.17) is 5.73 Å². The van der Waals surface area contributed by atoms with E-state index in [1.54, 1.807) is 0 Å². The van der Waals surface area contributed by atoms with Crippen molar-refractivity contribution >= 4 is 5.91 Å². The van der Waals surface area contributed by atoms with E-state index in [0.717, 1.165) is 31.7 Å². The minimum absolute atomic E-state index is 0.159. The highest BCUT2D eigenvalue weighted by molar-refractivity contribution is 5.78. The highest BCUT2D eigenvalue weighted by atomic mass is 16.1. The van der Waals surface area contributed by atoms with Gasteiger partial charge in [-0.1, -0.05) is 26.7 Å². The summed E-state index contributed by atoms with van der Waals surface area (Å²) in [6.07, 6.45) is 8.23. The van der Waals surface area contributed by atoms with Crippen LogP contribution in [0.3, 0.4) is 0 Å². The number of carbonyl (C=O) groups excluding carboxylic acids is 1. The average molecular weight is 266 g/mol. The quantitative estimate of drug-likeness (QED) is 0.825. The lowest BCUT2D eigenvalue weighted by Crippen LogP contribution is -2.42. The maximum Gasteiger partial charge on any atom is 0.223 e. The van der Waals surface area contributed by atoms with Gasteiger partial charge in [-0.05, 0) is 49.9 Å². The van der Waals surface area contributed by atoms with Crippen LogP contribution < -0.4 is 11.1 Å². The molecule has 2 aliphatic rings. The van der Waals surface area contributed by atoms with Gasteiger partial charge in [-0.15, -0.1) is 0 Å². The van der Waals surface area contributed by atoms with Crippen LogP contribution in [-0.2, 0) is 4.79 Å². The van der Waals surface area contributed by atoms with Crippen molar-refractivity contribution in [3.63, 3.8) is 0 Å². The molecule has 0 aliphatic heterocycles. The number of hydrogen-bond acceptors (Lipinski definition) is 2. The molecule has 19 heavy (non-hydrogen) atoms. The second-order valence-corrected chi connectivity index (χ2v) is 7.03. The molecule has 2 aliphatic carbocycles. The van der Waals surface area contributed by atoms with Gasteiger partial charge in [0, 0.05) is 18.5 Å². The Morgan fingerprint density at radius 2 is 1.95 bits per heavy atom. The Bertz CT molecular complexity index is 305. The molecular weight excluding hydrogens is 236 g/mol. The minimum atomic E-state index is 0.159. The standard InChI is InChI=1S/C16H30N2O/c1-11-4-3-5-13(8-11)10-18-16(19)14-7-6-12(2)15(17)9-14/h11-15H,3-10,17H2,1-2H3,(H,18,19). The first-order valence-electron chi connectivity index (χ1n) is 8.09. The van der Waals surface area contributed by atoms with Crippen molar-refractivity contribution in [2.24, 2.45) is 29.4 Å². The third kappa shape index (κ3) is 4.20. The fourth-order valence-electron chi connectivity index (χ4n) is 3.73. The molecule has 2 saturated carbocycles. The second kappa shape index (κ2) is 6.74. The average Bonchev–Trinajstić information content (AvgIpc) is 2.39. The first kappa shape index (κ1) is 14.8. The third-order valence-corrected chi connectivity index (χ3v) is 5.24. The Labute approximate surface area is 117 Å². The first-order chi connectivity index (χ1) is 9.06. The van der Waals surface area contributed by atoms with E-state index >= 15 is 0 Å². The Hall–Kier alpha value is -0.570. The van der Waals surface area contributed by atoms with Crippen LogP contribution in [0.4, 0.5) is 0 Å². The van der Waals surface area contributed by atoms with Crippen molar-refractivity contribution in [3.05, 3.63) is 0 Å². The summed E-state index contributed by atoms with van der Waals surface area (Å²) in [6, 6.07) is 0.208. The lowest BCUT2D eigenvalue weighted by Gasteiger charge is -2.32. The van der Waals surface area contributed by atoms with E-state index < -0.39 is 0 Å². The lowest BCUT2D eigenvalue weighted by molar-refractivity contribution is -0.126. The van der Waals surface area contributed by atoms with E-state index in [0.29, 0.717) is 11.8 Å². The highest BCUT2D eigenvalue weighted by Crippen LogP contribution is 2.29. The minimum Gasteiger partial charge on any atom is -0.356 e. The summed E-state index contributed by atoms with van der Waals surface area (Å²) in [5.74, 6) is 2.51. The SMILES string of the molecule is CC1CCCC(CNC(=O)C2CCC(C)C(N)C2)C1. The monoisotopic (exact) mass is 266 g/mol. The molecule has 3 nitrogen and oxygen atoms in total. The lowest BCUT2D eigenvalue weighted by atomic mass is 9.79. The van der Waals surface area contributed by atoms with Crippen LogP contribution in [0.25, 0.3) is 0 Å². The van der Waals surface area contributed by atoms with Crippen LogP contribution in [-0.4, -0.2) is 18.5 Å². The van der Waals surface area contributed by atoms with Crippen molar-refractivity contribution in [2.45, 2.75) is 64.8 Å². The van der Waals surface area contributed by atoms with Gasteiger partial charge in [-0.25, -0.2) is 0 Å². The van der Waals surface area contributed by atoms with Crippen molar-refractivity contribution in [2.75, 3.05) is 6.54 Å². The van der Waals surface area contributed by atoms with Gasteiger partial charge < -0.3 is 11.1 Å². The zero-order chi connectivity index (χ0) is 13.8. The molecule has 0 radical (unpaired) electrons. The van der Waals surface area contributed by atoms with Crippen LogP contribution >= 0.6 is 0 Å². The summed E-state index contributed by atoms with van der Waals surface area (Å²) in [6.45, 7) is 5.40. The van der Waals surface area contributed by atoms with E-state index in [2.05, 4.69) is 19.2 Å². The number of amides is 1. The fourth-order valence-corrected chi connectivity index (χ4v) is 3.73. The molecule has 0 spiro atoms. The Morgan fingerprint density at radius 1 is 1.16 bits per heavy atom. The van der Waals surface area contributed by atoms with Gasteiger partial charge in [0.2, 0.25) is 5.91 Å². The largest absolute Gasteiger partial charge is 0.356 e. The smallest absolute Gasteiger partial charge is 0.223 e. The molecule has 0 aromatic rings. The highest BCUT2D eigenvalue weighted by Gasteiger charge is 2.30. The van der Waals surface area contributed by atoms with Crippen molar-refractivity contribution in [1.29, 1.82) is 0 Å². The molecular formula is C16H30N2O. The molecule has 0 aromatic heterocycles. The predicted molar refractivity (Wildman–Crippen MR) is 78.6 cm³/mol. The van der Waals surface area contributed by atoms with E-state index in [-0.39, 0.29) is 17.9 Å². The molecule has 5 atom stereocenters. The summed E-state index contributed by atoms with van der Waals surface area (Å²) in [5, 5.41) is 3.18. The van der Waals surface area contributed by atoms with Gasteiger partial charge in [0.1, 0.15) is 0 Å². The van der Waals surface area contributed by atoms with Gasteiger partial charge in [-0.3, -0.25) is 4.79 Å². The Balaban J connectivity index is 1.72. The summed E-state index contributed by atoms with van der Waals surface area (Å²) >= 11 is 0. The molecule has 2 fully saturated rings. The van der Waals surface area contributed by atoms with Gasteiger partial charge >= 0.3 is 0 Å². The van der Waals surface area contributed by atoms with Gasteiger partial charge in [-0.2, -0.15) is 0 Å². The first-order valence-corrected chi connectivity index (χ1v) is 8.09. The normalized spacial score (nSPS) is 39.8. The maximum absolute atomic E-state index is 12.2. The topological polar surface area (TPSA) is 55.1 Å². The Kier molecular flexibility index (Phi) is 5.26. The van der Waals surface area contributed by atoms with Crippen molar-refractivity contribution in [1.82, 2.24) is 5.32 Å². The van der Waals surface area contributed by atoms with Gasteiger partial charge in [0.25, 0.3) is 0 Å². The van der Waals surface area contributed by atoms with Crippen molar-refractivity contribution in [3.8, 4) is 0 Å². The molecule has 3 heteroatoms. The van der Waals surface area contributed by atoms with Crippen LogP contribution in [0.5, 0.6) is 0 Å². The molecule has 3 N–H and O–H groups in total. The van der Waals surface area contributed by atoms with Crippen LogP contribution in [0.1, 0.15) is 58.8 Å². The summed E-state index contributed by atoms with van der Waals surface area (Å²) in [5.41, 5.74) is 6.08. The predicted octanol–water partition coefficient (Wildman–Crippen LogP) is 2.69. The maximum atomic E-state index is 12.2.